The molecule has 0 aromatic heterocycles. The maximum atomic E-state index is 0. The van der Waals surface area contributed by atoms with Crippen molar-refractivity contribution in [2.75, 3.05) is 0 Å². The molecule has 0 aromatic carbocycles. The zero-order valence-corrected chi connectivity index (χ0v) is 10.1. The van der Waals surface area contributed by atoms with Gasteiger partial charge in [0.1, 0.15) is 0 Å². The Morgan fingerprint density at radius 3 is 0.375 bits per heavy atom. The fourth-order valence-electron chi connectivity index (χ4n) is 0. The summed E-state index contributed by atoms with van der Waals surface area (Å²) in [5, 5.41) is 0. The quantitative estimate of drug-likeness (QED) is 0.379. The average molecular weight is 269 g/mol. The van der Waals surface area contributed by atoms with Crippen LogP contribution in [-0.4, -0.2) is 109 Å². The maximum absolute atomic E-state index is 0. The van der Waals surface area contributed by atoms with E-state index >= 15 is 0 Å². The van der Waals surface area contributed by atoms with Crippen LogP contribution in [0.4, 0.5) is 0 Å². The third kappa shape index (κ3) is 87.2. The monoisotopic (exact) mass is 268 g/mol. The van der Waals surface area contributed by atoms with Gasteiger partial charge in [-0.05, 0) is 0 Å². The molecule has 0 saturated heterocycles. The molecular formula is H12KO6Sb. The van der Waals surface area contributed by atoms with E-state index in [1.165, 1.54) is 0 Å². The van der Waals surface area contributed by atoms with Crippen molar-refractivity contribution in [1.29, 1.82) is 0 Å². The van der Waals surface area contributed by atoms with Gasteiger partial charge in [0.15, 0.2) is 0 Å². The Morgan fingerprint density at radius 2 is 0.375 bits per heavy atom. The fourth-order valence-corrected chi connectivity index (χ4v) is 0. The predicted octanol–water partition coefficient (Wildman–Crippen LogP) is -5.71. The second-order valence-electron chi connectivity index (χ2n) is 0. The Kier molecular flexibility index (Phi) is 2800. The molecule has 0 saturated carbocycles. The zero-order chi connectivity index (χ0) is 0. The topological polar surface area (TPSA) is 189 Å². The number of hydrogen-bond acceptors (Lipinski definition) is 0. The van der Waals surface area contributed by atoms with Crippen molar-refractivity contribution in [2.24, 2.45) is 0 Å². The summed E-state index contributed by atoms with van der Waals surface area (Å²) in [6, 6.07) is 0. The van der Waals surface area contributed by atoms with Gasteiger partial charge >= 0.3 is 0 Å². The molecule has 54 valence electrons. The van der Waals surface area contributed by atoms with Crippen molar-refractivity contribution < 1.29 is 32.9 Å². The molecule has 4 radical (unpaired) electrons. The van der Waals surface area contributed by atoms with Crippen molar-refractivity contribution >= 4 is 75.8 Å². The molecular weight excluding hydrogens is 257 g/mol. The molecule has 0 aliphatic heterocycles. The van der Waals surface area contributed by atoms with Crippen LogP contribution in [0, 0.1) is 0 Å². The smallest absolute Gasteiger partial charge is 0 e. The minimum absolute atomic E-state index is 0. The van der Waals surface area contributed by atoms with Gasteiger partial charge in [-0.2, -0.15) is 0 Å². The summed E-state index contributed by atoms with van der Waals surface area (Å²) in [5.74, 6) is 0. The summed E-state index contributed by atoms with van der Waals surface area (Å²) in [4.78, 5) is 0. The van der Waals surface area contributed by atoms with E-state index in [2.05, 4.69) is 0 Å². The molecule has 0 heterocycles. The first kappa shape index (κ1) is 177. The average Bonchev–Trinajstić information content (AvgIpc) is 0. The van der Waals surface area contributed by atoms with Crippen LogP contribution >= 0.6 is 0 Å². The van der Waals surface area contributed by atoms with Crippen molar-refractivity contribution in [1.82, 2.24) is 0 Å². The Morgan fingerprint density at radius 1 is 0.375 bits per heavy atom. The summed E-state index contributed by atoms with van der Waals surface area (Å²) in [6.45, 7) is 0. The van der Waals surface area contributed by atoms with Gasteiger partial charge in [0.05, 0.1) is 0 Å². The minimum atomic E-state index is 0. The third-order valence-electron chi connectivity index (χ3n) is 0. The summed E-state index contributed by atoms with van der Waals surface area (Å²) >= 11 is 0. The summed E-state index contributed by atoms with van der Waals surface area (Å²) in [7, 11) is 0. The SMILES string of the molecule is O.O.O.O.O.O.[K].[Sb]. The van der Waals surface area contributed by atoms with Crippen molar-refractivity contribution in [2.45, 2.75) is 0 Å². The van der Waals surface area contributed by atoms with Crippen molar-refractivity contribution in [3.8, 4) is 0 Å². The van der Waals surface area contributed by atoms with Crippen LogP contribution in [0.25, 0.3) is 0 Å². The Labute approximate surface area is 107 Å². The van der Waals surface area contributed by atoms with Crippen LogP contribution in [-0.2, 0) is 0 Å². The van der Waals surface area contributed by atoms with E-state index in [4.69, 9.17) is 0 Å². The first-order valence-electron chi connectivity index (χ1n) is 0. The first-order chi connectivity index (χ1) is 0. The largest absolute Gasteiger partial charge is 0.412 e. The normalized spacial score (nSPS) is 0. The molecule has 0 unspecified atom stereocenters. The molecule has 0 spiro atoms. The molecule has 12 N–H and O–H groups in total. The molecule has 0 aromatic rings. The second kappa shape index (κ2) is 127. The minimum Gasteiger partial charge on any atom is -0.412 e. The molecule has 0 atom stereocenters. The molecule has 6 nitrogen and oxygen atoms in total. The van der Waals surface area contributed by atoms with Crippen LogP contribution in [0.5, 0.6) is 0 Å². The van der Waals surface area contributed by atoms with Gasteiger partial charge in [-0.15, -0.1) is 0 Å². The van der Waals surface area contributed by atoms with Crippen LogP contribution in [0.1, 0.15) is 0 Å². The van der Waals surface area contributed by atoms with E-state index in [1.807, 2.05) is 0 Å². The van der Waals surface area contributed by atoms with Gasteiger partial charge in [-0.3, -0.25) is 0 Å². The van der Waals surface area contributed by atoms with Gasteiger partial charge < -0.3 is 32.9 Å². The standard InChI is InChI=1S/K.6H2O.Sb/h;6*1H2;. The van der Waals surface area contributed by atoms with Gasteiger partial charge in [0.25, 0.3) is 0 Å². The molecule has 0 bridgehead atoms. The van der Waals surface area contributed by atoms with E-state index in [0.717, 1.165) is 0 Å². The molecule has 8 heavy (non-hydrogen) atoms. The van der Waals surface area contributed by atoms with E-state index in [1.54, 1.807) is 0 Å². The zero-order valence-electron chi connectivity index (χ0n) is 4.45. The van der Waals surface area contributed by atoms with Crippen LogP contribution in [0.15, 0.2) is 0 Å². The van der Waals surface area contributed by atoms with Gasteiger partial charge in [-0.1, -0.05) is 0 Å². The van der Waals surface area contributed by atoms with Crippen LogP contribution in [0.3, 0.4) is 0 Å². The van der Waals surface area contributed by atoms with E-state index in [0.29, 0.717) is 0 Å². The first-order valence-corrected chi connectivity index (χ1v) is 0. The maximum Gasteiger partial charge on any atom is 0 e. The van der Waals surface area contributed by atoms with E-state index in [9.17, 15) is 0 Å². The number of rotatable bonds is 0. The van der Waals surface area contributed by atoms with Crippen molar-refractivity contribution in [3.05, 3.63) is 0 Å². The third-order valence-corrected chi connectivity index (χ3v) is 0. The summed E-state index contributed by atoms with van der Waals surface area (Å²) < 4.78 is 0. The van der Waals surface area contributed by atoms with Gasteiger partial charge in [0, 0.05) is 75.8 Å². The molecule has 0 rings (SSSR count). The molecule has 0 fully saturated rings. The summed E-state index contributed by atoms with van der Waals surface area (Å²) in [6.07, 6.45) is 0. The van der Waals surface area contributed by atoms with Gasteiger partial charge in [0.2, 0.25) is 0 Å². The van der Waals surface area contributed by atoms with E-state index in [-0.39, 0.29) is 109 Å². The Bertz CT molecular complexity index is 8.49. The predicted molar refractivity (Wildman–Crippen MR) is 33.2 cm³/mol. The Hall–Kier alpha value is 2.21. The second-order valence-corrected chi connectivity index (χ2v) is 0. The molecule has 0 aliphatic rings. The number of hydrogen-bond donors (Lipinski definition) is 0. The molecule has 8 heteroatoms. The molecule has 0 aliphatic carbocycles. The van der Waals surface area contributed by atoms with E-state index < -0.39 is 0 Å². The molecule has 0 amide bonds. The fraction of sp³-hybridized carbons (Fsp3) is 0. The van der Waals surface area contributed by atoms with Crippen LogP contribution < -0.4 is 0 Å². The Balaban J connectivity index is 0. The summed E-state index contributed by atoms with van der Waals surface area (Å²) in [5.41, 5.74) is 0. The van der Waals surface area contributed by atoms with Crippen molar-refractivity contribution in [3.63, 3.8) is 0 Å². The van der Waals surface area contributed by atoms with Crippen LogP contribution in [0.2, 0.25) is 0 Å². The van der Waals surface area contributed by atoms with Gasteiger partial charge in [-0.25, -0.2) is 0 Å².